The molecule has 0 bridgehead atoms. The van der Waals surface area contributed by atoms with Crippen molar-refractivity contribution in [1.29, 1.82) is 0 Å². The van der Waals surface area contributed by atoms with Crippen LogP contribution in [0.2, 0.25) is 0 Å². The van der Waals surface area contributed by atoms with Crippen LogP contribution in [0.25, 0.3) is 0 Å². The van der Waals surface area contributed by atoms with E-state index in [2.05, 4.69) is 29.2 Å². The number of aryl methyl sites for hydroxylation is 1. The minimum absolute atomic E-state index is 0.0158. The van der Waals surface area contributed by atoms with Crippen LogP contribution in [0.5, 0.6) is 0 Å². The van der Waals surface area contributed by atoms with Crippen LogP contribution < -0.4 is 0 Å². The van der Waals surface area contributed by atoms with Crippen molar-refractivity contribution < 1.29 is 10.2 Å². The zero-order valence-electron chi connectivity index (χ0n) is 13.7. The Hall–Kier alpha value is -1.68. The zero-order valence-corrected chi connectivity index (χ0v) is 13.7. The largest absolute Gasteiger partial charge is 0.392 e. The van der Waals surface area contributed by atoms with Crippen LogP contribution in [0.4, 0.5) is 0 Å². The number of rotatable bonds is 4. The lowest BCUT2D eigenvalue weighted by atomic mass is 9.81. The molecule has 0 aromatic heterocycles. The van der Waals surface area contributed by atoms with E-state index in [1.54, 1.807) is 0 Å². The van der Waals surface area contributed by atoms with Crippen molar-refractivity contribution in [2.45, 2.75) is 38.5 Å². The van der Waals surface area contributed by atoms with Crippen LogP contribution in [-0.4, -0.2) is 28.2 Å². The fourth-order valence-electron chi connectivity index (χ4n) is 3.54. The number of hydrogen-bond donors (Lipinski definition) is 2. The van der Waals surface area contributed by atoms with Crippen molar-refractivity contribution >= 4 is 0 Å². The molecule has 1 aliphatic heterocycles. The number of nitrogens with zero attached hydrogens (tertiary/aromatic N) is 1. The van der Waals surface area contributed by atoms with Crippen molar-refractivity contribution in [3.8, 4) is 0 Å². The first kappa shape index (κ1) is 16.2. The molecule has 1 fully saturated rings. The highest BCUT2D eigenvalue weighted by Crippen LogP contribution is 2.36. The van der Waals surface area contributed by atoms with Gasteiger partial charge in [-0.2, -0.15) is 0 Å². The lowest BCUT2D eigenvalue weighted by molar-refractivity contribution is -0.0291. The number of piperidine rings is 1. The summed E-state index contributed by atoms with van der Waals surface area (Å²) in [5.74, 6) is 0. The third kappa shape index (κ3) is 3.47. The number of benzene rings is 2. The fraction of sp³-hybridized carbons (Fsp3) is 0.400. The molecule has 1 heterocycles. The molecule has 0 saturated carbocycles. The van der Waals surface area contributed by atoms with Gasteiger partial charge in [-0.1, -0.05) is 48.5 Å². The minimum Gasteiger partial charge on any atom is -0.392 e. The Kier molecular flexibility index (Phi) is 4.81. The van der Waals surface area contributed by atoms with Gasteiger partial charge in [0.1, 0.15) is 0 Å². The molecule has 0 radical (unpaired) electrons. The zero-order chi connectivity index (χ0) is 16.3. The highest BCUT2D eigenvalue weighted by Gasteiger charge is 2.35. The van der Waals surface area contributed by atoms with Crippen molar-refractivity contribution in [3.63, 3.8) is 0 Å². The smallest absolute Gasteiger partial charge is 0.0924 e. The van der Waals surface area contributed by atoms with E-state index in [1.165, 1.54) is 5.56 Å². The van der Waals surface area contributed by atoms with Gasteiger partial charge in [-0.05, 0) is 42.0 Å². The molecule has 0 aliphatic carbocycles. The predicted molar refractivity (Wildman–Crippen MR) is 92.0 cm³/mol. The van der Waals surface area contributed by atoms with Gasteiger partial charge in [0.15, 0.2) is 0 Å². The lowest BCUT2D eigenvalue weighted by Crippen LogP contribution is -2.42. The maximum atomic E-state index is 11.1. The third-order valence-corrected chi connectivity index (χ3v) is 5.00. The molecule has 0 atom stereocenters. The summed E-state index contributed by atoms with van der Waals surface area (Å²) in [6, 6.07) is 16.4. The van der Waals surface area contributed by atoms with Crippen LogP contribution in [-0.2, 0) is 18.8 Å². The maximum Gasteiger partial charge on any atom is 0.0924 e. The third-order valence-electron chi connectivity index (χ3n) is 5.00. The fourth-order valence-corrected chi connectivity index (χ4v) is 3.54. The average molecular weight is 311 g/mol. The second-order valence-electron chi connectivity index (χ2n) is 6.55. The molecule has 3 heteroatoms. The van der Waals surface area contributed by atoms with Gasteiger partial charge >= 0.3 is 0 Å². The van der Waals surface area contributed by atoms with Crippen LogP contribution in [0.15, 0.2) is 48.5 Å². The van der Waals surface area contributed by atoms with Crippen molar-refractivity contribution in [2.24, 2.45) is 0 Å². The SMILES string of the molecule is Cc1cccc(C2(O)CCN(Cc3ccccc3)CC2)c1CO. The van der Waals surface area contributed by atoms with E-state index in [-0.39, 0.29) is 6.61 Å². The van der Waals surface area contributed by atoms with E-state index in [9.17, 15) is 10.2 Å². The molecule has 1 aliphatic rings. The number of aliphatic hydroxyl groups is 2. The second kappa shape index (κ2) is 6.83. The highest BCUT2D eigenvalue weighted by atomic mass is 16.3. The van der Waals surface area contributed by atoms with E-state index in [0.717, 1.165) is 36.3 Å². The molecule has 1 saturated heterocycles. The summed E-state index contributed by atoms with van der Waals surface area (Å²) in [7, 11) is 0. The first-order chi connectivity index (χ1) is 11.1. The summed E-state index contributed by atoms with van der Waals surface area (Å²) >= 11 is 0. The average Bonchev–Trinajstić information content (AvgIpc) is 2.58. The van der Waals surface area contributed by atoms with Gasteiger partial charge in [0.05, 0.1) is 12.2 Å². The highest BCUT2D eigenvalue weighted by molar-refractivity contribution is 5.38. The summed E-state index contributed by atoms with van der Waals surface area (Å²) in [6.07, 6.45) is 1.41. The molecule has 2 N–H and O–H groups in total. The summed E-state index contributed by atoms with van der Waals surface area (Å²) in [5, 5.41) is 20.8. The molecule has 2 aromatic carbocycles. The lowest BCUT2D eigenvalue weighted by Gasteiger charge is -2.39. The summed E-state index contributed by atoms with van der Waals surface area (Å²) in [5.41, 5.74) is 3.32. The van der Waals surface area contributed by atoms with Crippen LogP contribution >= 0.6 is 0 Å². The molecule has 23 heavy (non-hydrogen) atoms. The van der Waals surface area contributed by atoms with Gasteiger partial charge in [-0.15, -0.1) is 0 Å². The molecule has 0 spiro atoms. The van der Waals surface area contributed by atoms with E-state index >= 15 is 0 Å². The molecule has 2 aromatic rings. The topological polar surface area (TPSA) is 43.7 Å². The number of likely N-dealkylation sites (tertiary alicyclic amines) is 1. The molecule has 3 nitrogen and oxygen atoms in total. The molecular weight excluding hydrogens is 286 g/mol. The van der Waals surface area contributed by atoms with E-state index < -0.39 is 5.60 Å². The van der Waals surface area contributed by atoms with Gasteiger partial charge < -0.3 is 10.2 Å². The Morgan fingerprint density at radius 2 is 1.70 bits per heavy atom. The van der Waals surface area contributed by atoms with E-state index in [0.29, 0.717) is 12.8 Å². The van der Waals surface area contributed by atoms with Crippen LogP contribution in [0, 0.1) is 6.92 Å². The molecule has 0 unspecified atom stereocenters. The van der Waals surface area contributed by atoms with E-state index in [4.69, 9.17) is 0 Å². The quantitative estimate of drug-likeness (QED) is 0.912. The predicted octanol–water partition coefficient (Wildman–Crippen LogP) is 2.97. The maximum absolute atomic E-state index is 11.1. The van der Waals surface area contributed by atoms with Crippen molar-refractivity contribution in [1.82, 2.24) is 4.90 Å². The Morgan fingerprint density at radius 3 is 2.35 bits per heavy atom. The van der Waals surface area contributed by atoms with Crippen molar-refractivity contribution in [2.75, 3.05) is 13.1 Å². The Balaban J connectivity index is 1.71. The summed E-state index contributed by atoms with van der Waals surface area (Å²) < 4.78 is 0. The van der Waals surface area contributed by atoms with Crippen molar-refractivity contribution in [3.05, 3.63) is 70.8 Å². The molecule has 3 rings (SSSR count). The molecule has 0 amide bonds. The monoisotopic (exact) mass is 311 g/mol. The minimum atomic E-state index is -0.822. The van der Waals surface area contributed by atoms with Crippen LogP contribution in [0.1, 0.15) is 35.1 Å². The Labute approximate surface area is 138 Å². The van der Waals surface area contributed by atoms with Gasteiger partial charge in [0.25, 0.3) is 0 Å². The van der Waals surface area contributed by atoms with Crippen LogP contribution in [0.3, 0.4) is 0 Å². The Morgan fingerprint density at radius 1 is 1.00 bits per heavy atom. The summed E-state index contributed by atoms with van der Waals surface area (Å²) in [4.78, 5) is 2.39. The molecule has 122 valence electrons. The molecular formula is C20H25NO2. The van der Waals surface area contributed by atoms with Gasteiger partial charge in [0, 0.05) is 19.6 Å². The number of hydrogen-bond acceptors (Lipinski definition) is 3. The second-order valence-corrected chi connectivity index (χ2v) is 6.55. The van der Waals surface area contributed by atoms with Gasteiger partial charge in [-0.3, -0.25) is 4.90 Å². The van der Waals surface area contributed by atoms with Gasteiger partial charge in [-0.25, -0.2) is 0 Å². The summed E-state index contributed by atoms with van der Waals surface area (Å²) in [6.45, 7) is 4.63. The Bertz CT molecular complexity index is 646. The van der Waals surface area contributed by atoms with Gasteiger partial charge in [0.2, 0.25) is 0 Å². The first-order valence-electron chi connectivity index (χ1n) is 8.31. The standard InChI is InChI=1S/C20H25NO2/c1-16-6-5-9-19(18(16)15-22)20(23)10-12-21(13-11-20)14-17-7-3-2-4-8-17/h2-9,22-23H,10-15H2,1H3. The first-order valence-corrected chi connectivity index (χ1v) is 8.31. The normalized spacial score (nSPS) is 18.0. The van der Waals surface area contributed by atoms with E-state index in [1.807, 2.05) is 31.2 Å². The number of aliphatic hydroxyl groups excluding tert-OH is 1.